The number of rotatable bonds is 36. The Bertz CT molecular complexity index is 1040. The van der Waals surface area contributed by atoms with Crippen molar-refractivity contribution in [3.63, 3.8) is 0 Å². The van der Waals surface area contributed by atoms with Crippen LogP contribution in [0.15, 0.2) is 17.0 Å². The molecule has 0 aliphatic rings. The van der Waals surface area contributed by atoms with Gasteiger partial charge < -0.3 is 0 Å². The van der Waals surface area contributed by atoms with Crippen LogP contribution in [0.3, 0.4) is 0 Å². The van der Waals surface area contributed by atoms with E-state index in [4.69, 9.17) is 2.26 Å². The normalized spacial score (nSPS) is 11.8. The van der Waals surface area contributed by atoms with Crippen LogP contribution >= 0.6 is 0 Å². The van der Waals surface area contributed by atoms with E-state index in [9.17, 15) is 14.4 Å². The molecule has 0 unspecified atom stereocenters. The van der Waals surface area contributed by atoms with Crippen molar-refractivity contribution in [3.05, 3.63) is 28.8 Å². The van der Waals surface area contributed by atoms with Crippen LogP contribution in [0.2, 0.25) is 0 Å². The summed E-state index contributed by atoms with van der Waals surface area (Å²) in [6.07, 6.45) is 40.5. The number of benzene rings is 1. The molecule has 0 saturated carbocycles. The van der Waals surface area contributed by atoms with Gasteiger partial charge in [0.15, 0.2) is 0 Å². The minimum Gasteiger partial charge on any atom is -0.0654 e. The van der Waals surface area contributed by atoms with E-state index in [1.807, 2.05) is 6.07 Å². The fourth-order valence-electron chi connectivity index (χ4n) is 7.29. The molecular weight excluding hydrogens is 708 g/mol. The summed E-state index contributed by atoms with van der Waals surface area (Å²) in [6, 6.07) is 3.67. The number of hydrogen-bond donors (Lipinski definition) is 1. The summed E-state index contributed by atoms with van der Waals surface area (Å²) in [5.74, 6) is 0. The van der Waals surface area contributed by atoms with Gasteiger partial charge in [0.25, 0.3) is 0 Å². The van der Waals surface area contributed by atoms with E-state index in [0.29, 0.717) is 6.42 Å². The van der Waals surface area contributed by atoms with Crippen LogP contribution in [-0.2, 0) is 57.1 Å². The Hall–Kier alpha value is -0.227. The second-order valence-electron chi connectivity index (χ2n) is 14.8. The van der Waals surface area contributed by atoms with Gasteiger partial charge in [-0.05, 0) is 0 Å². The molecule has 0 aromatic heterocycles. The monoisotopic (exact) mass is 784 g/mol. The van der Waals surface area contributed by atoms with Crippen LogP contribution in [0.4, 0.5) is 0 Å². The third kappa shape index (κ3) is 24.6. The van der Waals surface area contributed by atoms with Crippen molar-refractivity contribution in [1.82, 2.24) is 0 Å². The number of hydrogen-bond acceptors (Lipinski definition) is 4. The Kier molecular flexibility index (Phi) is 31.0. The molecule has 0 saturated heterocycles. The fraction of sp³-hybridized carbons (Fsp3) is 0.857. The van der Waals surface area contributed by atoms with Crippen LogP contribution in [0.5, 0.6) is 0 Å². The minimum atomic E-state index is -4.58. The Morgan fingerprint density at radius 2 is 0.776 bits per heavy atom. The molecule has 0 amide bonds. The quantitative estimate of drug-likeness (QED) is 0.0685. The van der Waals surface area contributed by atoms with Gasteiger partial charge in [-0.15, -0.1) is 0 Å². The first-order valence-corrected chi connectivity index (χ1v) is 25.7. The Balaban J connectivity index is 2.92. The van der Waals surface area contributed by atoms with Crippen molar-refractivity contribution in [2.24, 2.45) is 0 Å². The third-order valence-electron chi connectivity index (χ3n) is 10.3. The maximum absolute atomic E-state index is 13.3. The predicted molar refractivity (Wildman–Crippen MR) is 204 cm³/mol. The number of unbranched alkanes of at least 4 members (excludes halogenated alkanes) is 27. The van der Waals surface area contributed by atoms with Gasteiger partial charge in [-0.2, -0.15) is 0 Å². The van der Waals surface area contributed by atoms with Crippen molar-refractivity contribution in [1.29, 1.82) is 0 Å². The molecule has 0 aliphatic heterocycles. The molecule has 1 rings (SSSR count). The van der Waals surface area contributed by atoms with E-state index in [1.165, 1.54) is 172 Å². The van der Waals surface area contributed by atoms with Crippen molar-refractivity contribution < 1.29 is 39.3 Å². The molecule has 0 spiro atoms. The zero-order chi connectivity index (χ0) is 35.8. The summed E-state index contributed by atoms with van der Waals surface area (Å²) in [4.78, 5) is 0.139. The van der Waals surface area contributed by atoms with Crippen molar-refractivity contribution >= 4 is 10.1 Å². The molecule has 0 aliphatic carbocycles. The molecule has 286 valence electrons. The summed E-state index contributed by atoms with van der Waals surface area (Å²) in [7, 11) is -4.26. The van der Waals surface area contributed by atoms with Gasteiger partial charge in [0.2, 0.25) is 0 Å². The molecule has 0 fully saturated rings. The zero-order valence-electron chi connectivity index (χ0n) is 32.5. The van der Waals surface area contributed by atoms with E-state index in [-0.39, 0.29) is 4.90 Å². The van der Waals surface area contributed by atoms with Crippen LogP contribution in [0.25, 0.3) is 0 Å². The van der Waals surface area contributed by atoms with Crippen LogP contribution < -0.4 is 0 Å². The van der Waals surface area contributed by atoms with E-state index in [2.05, 4.69) is 20.8 Å². The van der Waals surface area contributed by atoms with Gasteiger partial charge in [-0.1, -0.05) is 97.8 Å². The molecule has 0 atom stereocenters. The summed E-state index contributed by atoms with van der Waals surface area (Å²) in [5, 5.41) is 0. The van der Waals surface area contributed by atoms with Gasteiger partial charge >= 0.3 is 218 Å². The molecule has 49 heavy (non-hydrogen) atoms. The first-order valence-electron chi connectivity index (χ1n) is 21.2. The first kappa shape index (κ1) is 46.8. The van der Waals surface area contributed by atoms with Crippen molar-refractivity contribution in [2.45, 2.75) is 238 Å². The first-order chi connectivity index (χ1) is 23.9. The minimum absolute atomic E-state index is 0.139. The smallest absolute Gasteiger partial charge is 0.0654 e. The molecular formula is C42H78O5SZr. The maximum atomic E-state index is 13.3. The van der Waals surface area contributed by atoms with Gasteiger partial charge in [0, 0.05) is 0 Å². The molecule has 0 bridgehead atoms. The molecule has 7 heteroatoms. The van der Waals surface area contributed by atoms with Gasteiger partial charge in [0.05, 0.1) is 0 Å². The summed E-state index contributed by atoms with van der Waals surface area (Å²) in [5.41, 5.74) is 3.33. The molecule has 1 N–H and O–H groups in total. The van der Waals surface area contributed by atoms with Crippen LogP contribution in [-0.4, -0.2) is 11.6 Å². The summed E-state index contributed by atoms with van der Waals surface area (Å²) < 4.78 is 52.5. The SMILES string of the molecule is CCCCCCCCCCCCc1ccc(S(=O)(=O)[O][Zr](=[O])[OH])c(CCCCCCCCCCCC)c1CCCCCCCCCCCC. The average molecular weight is 786 g/mol. The molecule has 5 nitrogen and oxygen atoms in total. The Labute approximate surface area is 314 Å². The van der Waals surface area contributed by atoms with Gasteiger partial charge in [-0.3, -0.25) is 0 Å². The van der Waals surface area contributed by atoms with Crippen molar-refractivity contribution in [3.8, 4) is 0 Å². The fourth-order valence-corrected chi connectivity index (χ4v) is 10.4. The Morgan fingerprint density at radius 1 is 0.469 bits per heavy atom. The standard InChI is InChI=1S/C42H78O3S.H2O.O.Zr/c1-4-7-10-13-16-19-22-25-28-31-34-39-37-38-42(46(43,44)45)41(36-33-30-27-24-21-18-15-12-9-6-3)40(39)35-32-29-26-23-20-17-14-11-8-5-2;;;/h37-38H,4-36H2,1-3H3,(H,43,44,45);1H2;;/q;;;+2/p-2. The van der Waals surface area contributed by atoms with E-state index < -0.39 is 32.8 Å². The molecule has 0 radical (unpaired) electrons. The van der Waals surface area contributed by atoms with E-state index in [0.717, 1.165) is 50.5 Å². The predicted octanol–water partition coefficient (Wildman–Crippen LogP) is 13.6. The van der Waals surface area contributed by atoms with Crippen LogP contribution in [0, 0.1) is 0 Å². The third-order valence-corrected chi connectivity index (χ3v) is 14.2. The van der Waals surface area contributed by atoms with E-state index >= 15 is 0 Å². The molecule has 0 heterocycles. The van der Waals surface area contributed by atoms with Crippen molar-refractivity contribution in [2.75, 3.05) is 0 Å². The molecule has 1 aromatic rings. The van der Waals surface area contributed by atoms with Gasteiger partial charge in [-0.25, -0.2) is 0 Å². The summed E-state index contributed by atoms with van der Waals surface area (Å²) in [6.45, 7) is 6.78. The number of aryl methyl sites for hydroxylation is 1. The second kappa shape index (κ2) is 32.4. The summed E-state index contributed by atoms with van der Waals surface area (Å²) >= 11 is -4.58. The zero-order valence-corrected chi connectivity index (χ0v) is 35.8. The average Bonchev–Trinajstić information content (AvgIpc) is 3.07. The molecule has 1 aromatic carbocycles. The van der Waals surface area contributed by atoms with Crippen LogP contribution in [0.1, 0.15) is 230 Å². The van der Waals surface area contributed by atoms with Gasteiger partial charge in [0.1, 0.15) is 0 Å². The Morgan fingerprint density at radius 3 is 1.12 bits per heavy atom. The topological polar surface area (TPSA) is 80.7 Å². The van der Waals surface area contributed by atoms with E-state index in [1.54, 1.807) is 6.07 Å². The second-order valence-corrected chi connectivity index (χ2v) is 18.8.